The van der Waals surface area contributed by atoms with E-state index < -0.39 is 77.3 Å². The van der Waals surface area contributed by atoms with E-state index >= 15 is 0 Å². The Labute approximate surface area is 333 Å². The van der Waals surface area contributed by atoms with Crippen LogP contribution in [0.4, 0.5) is 0 Å². The monoisotopic (exact) mass is 785 g/mol. The molecule has 2 saturated heterocycles. The van der Waals surface area contributed by atoms with Gasteiger partial charge in [0.05, 0.1) is 35.9 Å². The number of ketones is 2. The van der Waals surface area contributed by atoms with Crippen molar-refractivity contribution in [1.82, 2.24) is 14.5 Å². The average Bonchev–Trinajstić information content (AvgIpc) is 3.65. The van der Waals surface area contributed by atoms with Crippen molar-refractivity contribution in [2.75, 3.05) is 27.8 Å². The molecule has 0 amide bonds. The molecule has 56 heavy (non-hydrogen) atoms. The molecule has 2 aromatic rings. The van der Waals surface area contributed by atoms with Crippen molar-refractivity contribution in [3.8, 4) is 11.3 Å². The van der Waals surface area contributed by atoms with E-state index in [1.165, 1.54) is 21.0 Å². The first-order chi connectivity index (χ1) is 26.4. The number of aliphatic hydroxyl groups excluding tert-OH is 1. The number of nitrogens with zero attached hydrogens (tertiary/aromatic N) is 3. The molecule has 314 valence electrons. The number of hydrogen-bond donors (Lipinski definition) is 2. The highest BCUT2D eigenvalue weighted by Crippen LogP contribution is 2.39. The first kappa shape index (κ1) is 45.7. The Balaban J connectivity index is 1.59. The van der Waals surface area contributed by atoms with Gasteiger partial charge in [0.2, 0.25) is 0 Å². The van der Waals surface area contributed by atoms with Gasteiger partial charge in [-0.3, -0.25) is 14.4 Å². The number of rotatable bonds is 12. The topological polar surface area (TPSA) is 159 Å². The lowest BCUT2D eigenvalue weighted by Crippen LogP contribution is -2.60. The van der Waals surface area contributed by atoms with Crippen LogP contribution in [0.1, 0.15) is 87.5 Å². The predicted octanol–water partition coefficient (Wildman–Crippen LogP) is 5.09. The maximum atomic E-state index is 14.4. The van der Waals surface area contributed by atoms with E-state index in [9.17, 15) is 24.6 Å². The molecule has 2 aliphatic rings. The van der Waals surface area contributed by atoms with Gasteiger partial charge in [0.1, 0.15) is 29.5 Å². The zero-order chi connectivity index (χ0) is 41.5. The third-order valence-corrected chi connectivity index (χ3v) is 12.1. The van der Waals surface area contributed by atoms with Gasteiger partial charge >= 0.3 is 5.97 Å². The van der Waals surface area contributed by atoms with Crippen molar-refractivity contribution >= 4 is 17.5 Å². The lowest BCUT2D eigenvalue weighted by Gasteiger charge is -2.47. The zero-order valence-corrected chi connectivity index (χ0v) is 35.3. The van der Waals surface area contributed by atoms with E-state index in [4.69, 9.17) is 23.7 Å². The van der Waals surface area contributed by atoms with Crippen LogP contribution in [0, 0.1) is 23.7 Å². The number of carbonyl (C=O) groups is 3. The van der Waals surface area contributed by atoms with Gasteiger partial charge in [-0.05, 0) is 73.9 Å². The first-order valence-corrected chi connectivity index (χ1v) is 20.3. The van der Waals surface area contributed by atoms with Crippen molar-refractivity contribution in [3.05, 3.63) is 42.9 Å². The largest absolute Gasteiger partial charge is 0.459 e. The molecule has 4 rings (SSSR count). The first-order valence-electron chi connectivity index (χ1n) is 20.3. The average molecular weight is 786 g/mol. The molecule has 0 spiro atoms. The van der Waals surface area contributed by atoms with Gasteiger partial charge in [-0.25, -0.2) is 4.98 Å². The Morgan fingerprint density at radius 2 is 1.64 bits per heavy atom. The molecule has 0 saturated carbocycles. The smallest absolute Gasteiger partial charge is 0.316 e. The summed E-state index contributed by atoms with van der Waals surface area (Å²) in [7, 11) is 5.24. The van der Waals surface area contributed by atoms with Gasteiger partial charge in [-0.1, -0.05) is 58.0 Å². The molecule has 0 aliphatic carbocycles. The fourth-order valence-corrected chi connectivity index (χ4v) is 8.58. The highest BCUT2D eigenvalue weighted by atomic mass is 16.7. The molecule has 0 bridgehead atoms. The Kier molecular flexibility index (Phi) is 16.0. The van der Waals surface area contributed by atoms with Crippen LogP contribution in [-0.2, 0) is 44.6 Å². The van der Waals surface area contributed by atoms with Crippen LogP contribution in [0.25, 0.3) is 11.3 Å². The molecule has 13 atom stereocenters. The minimum Gasteiger partial charge on any atom is -0.459 e. The molecular formula is C43H67N3O10. The third-order valence-electron chi connectivity index (χ3n) is 12.1. The van der Waals surface area contributed by atoms with Gasteiger partial charge in [0, 0.05) is 55.8 Å². The molecule has 2 aliphatic heterocycles. The normalized spacial score (nSPS) is 36.7. The van der Waals surface area contributed by atoms with Crippen LogP contribution in [0.5, 0.6) is 0 Å². The number of methoxy groups -OCH3 is 1. The zero-order valence-electron chi connectivity index (χ0n) is 35.3. The van der Waals surface area contributed by atoms with Gasteiger partial charge < -0.3 is 43.4 Å². The van der Waals surface area contributed by atoms with Crippen molar-refractivity contribution in [3.63, 3.8) is 0 Å². The van der Waals surface area contributed by atoms with Gasteiger partial charge in [-0.15, -0.1) is 0 Å². The third kappa shape index (κ3) is 10.5. The summed E-state index contributed by atoms with van der Waals surface area (Å²) in [5.74, 6) is -5.09. The number of carbonyl (C=O) groups excluding carboxylic acids is 3. The quantitative estimate of drug-likeness (QED) is 0.167. The Morgan fingerprint density at radius 3 is 2.27 bits per heavy atom. The van der Waals surface area contributed by atoms with Crippen LogP contribution >= 0.6 is 0 Å². The van der Waals surface area contributed by atoms with E-state index in [-0.39, 0.29) is 37.4 Å². The molecular weight excluding hydrogens is 718 g/mol. The molecule has 3 heterocycles. The maximum Gasteiger partial charge on any atom is 0.316 e. The van der Waals surface area contributed by atoms with Gasteiger partial charge in [0.15, 0.2) is 12.1 Å². The van der Waals surface area contributed by atoms with E-state index in [1.54, 1.807) is 40.9 Å². The van der Waals surface area contributed by atoms with Crippen LogP contribution in [0.15, 0.2) is 42.9 Å². The minimum atomic E-state index is -1.78. The number of aliphatic hydroxyl groups is 2. The number of aryl methyl sites for hydroxylation is 1. The highest BCUT2D eigenvalue weighted by Gasteiger charge is 2.52. The second-order valence-corrected chi connectivity index (χ2v) is 16.8. The van der Waals surface area contributed by atoms with E-state index in [2.05, 4.69) is 4.98 Å². The van der Waals surface area contributed by atoms with Crippen LogP contribution < -0.4 is 0 Å². The number of Topliss-reactive ketones (excluding diaryl/α,β-unsaturated/α-hetero) is 2. The molecule has 1 unspecified atom stereocenters. The molecule has 13 nitrogen and oxygen atoms in total. The fourth-order valence-electron chi connectivity index (χ4n) is 8.58. The number of ether oxygens (including phenoxy) is 5. The Hall–Kier alpha value is -3.04. The summed E-state index contributed by atoms with van der Waals surface area (Å²) in [4.78, 5) is 48.8. The van der Waals surface area contributed by atoms with E-state index in [0.29, 0.717) is 19.4 Å². The summed E-state index contributed by atoms with van der Waals surface area (Å²) in [5, 5.41) is 23.6. The number of hydrogen-bond acceptors (Lipinski definition) is 12. The summed E-state index contributed by atoms with van der Waals surface area (Å²) in [6, 6.07) is 9.68. The number of esters is 1. The van der Waals surface area contributed by atoms with Crippen LogP contribution in [0.3, 0.4) is 0 Å². The Bertz CT molecular complexity index is 1580. The number of likely N-dealkylation sites (N-methyl/N-ethyl adjacent to an activating group) is 1. The fraction of sp³-hybridized carbons (Fsp3) is 0.721. The van der Waals surface area contributed by atoms with E-state index in [1.807, 2.05) is 67.0 Å². The SMILES string of the molecule is CC[C@H]1OC(=O)[C@H](C)C(=O)[C@H](C)[C@@H](O[C@@H]2O[C@H](C)C[C@H](N(C)C)[C@H]2O)[C@@](C)(OC)C[C@@H](C)C(=O)[C@H](C)C(OCCCCn2cnc(-c3ccccc3)c2)[C@]1(C)O. The number of benzene rings is 1. The van der Waals surface area contributed by atoms with Crippen molar-refractivity contribution in [2.24, 2.45) is 23.7 Å². The van der Waals surface area contributed by atoms with Crippen molar-refractivity contribution in [2.45, 2.75) is 148 Å². The molecule has 2 fully saturated rings. The standard InChI is InChI=1S/C43H67N3O10/c1-12-34-43(8,51)39(53-21-17-16-20-46-24-32(44-25-46)31-18-14-13-15-19-31)28(4)35(47)26(2)23-42(7,52-11)38(29(5)36(48)30(6)40(50)55-34)56-41-37(49)33(45(9)10)22-27(3)54-41/h13-15,18-19,24-30,33-34,37-39,41,49,51H,12,16-17,20-23H2,1-11H3/t26-,27-,28+,29+,30-,33+,34-,37-,38-,39?,41+,42+,43-/m1/s1. The lowest BCUT2D eigenvalue weighted by atomic mass is 9.74. The van der Waals surface area contributed by atoms with Crippen molar-refractivity contribution < 1.29 is 48.3 Å². The summed E-state index contributed by atoms with van der Waals surface area (Å²) in [5.41, 5.74) is -1.11. The predicted molar refractivity (Wildman–Crippen MR) is 211 cm³/mol. The summed E-state index contributed by atoms with van der Waals surface area (Å²) >= 11 is 0. The maximum absolute atomic E-state index is 14.4. The molecule has 13 heteroatoms. The number of cyclic esters (lactones) is 1. The number of aromatic nitrogens is 2. The van der Waals surface area contributed by atoms with Crippen LogP contribution in [0.2, 0.25) is 0 Å². The minimum absolute atomic E-state index is 0.130. The Morgan fingerprint density at radius 1 is 0.982 bits per heavy atom. The second kappa shape index (κ2) is 19.6. The van der Waals surface area contributed by atoms with Gasteiger partial charge in [0.25, 0.3) is 0 Å². The second-order valence-electron chi connectivity index (χ2n) is 16.8. The molecule has 1 aromatic heterocycles. The summed E-state index contributed by atoms with van der Waals surface area (Å²) < 4.78 is 33.2. The molecule has 1 aromatic carbocycles. The van der Waals surface area contributed by atoms with Crippen molar-refractivity contribution in [1.29, 1.82) is 0 Å². The lowest BCUT2D eigenvalue weighted by molar-refractivity contribution is -0.295. The van der Waals surface area contributed by atoms with Crippen LogP contribution in [-0.4, -0.2) is 124 Å². The highest BCUT2D eigenvalue weighted by molar-refractivity contribution is 6.00. The summed E-state index contributed by atoms with van der Waals surface area (Å²) in [6.45, 7) is 14.6. The summed E-state index contributed by atoms with van der Waals surface area (Å²) in [6.07, 6.45) is 0.548. The molecule has 2 N–H and O–H groups in total. The molecule has 0 radical (unpaired) electrons. The number of unbranched alkanes of at least 4 members (excludes halogenated alkanes) is 1. The van der Waals surface area contributed by atoms with Gasteiger partial charge in [-0.2, -0.15) is 0 Å². The number of imidazole rings is 1. The van der Waals surface area contributed by atoms with E-state index in [0.717, 1.165) is 17.7 Å².